The van der Waals surface area contributed by atoms with E-state index in [9.17, 15) is 9.59 Å². The minimum absolute atomic E-state index is 0.165. The number of carbonyl (C=O) groups is 2. The predicted octanol–water partition coefficient (Wildman–Crippen LogP) is 6.14. The summed E-state index contributed by atoms with van der Waals surface area (Å²) in [5.74, 6) is 0.392. The predicted molar refractivity (Wildman–Crippen MR) is 116 cm³/mol. The maximum atomic E-state index is 11.7. The van der Waals surface area contributed by atoms with Crippen LogP contribution in [-0.4, -0.2) is 27.6 Å². The number of hydrogen-bond donors (Lipinski definition) is 1. The van der Waals surface area contributed by atoms with Gasteiger partial charge in [0.05, 0.1) is 0 Å². The standard InChI is InChI=1S/C19H34O3S3/c1-2-3-4-5-6-7-8-9-10-13-16-25-19(24)18(21)22-17(20)14-11-12-15-23/h23H,2-16H2,1H3. The quantitative estimate of drug-likeness (QED) is 0.116. The molecule has 0 saturated carbocycles. The number of rotatable bonds is 15. The van der Waals surface area contributed by atoms with E-state index >= 15 is 0 Å². The summed E-state index contributed by atoms with van der Waals surface area (Å²) in [6, 6.07) is 0. The van der Waals surface area contributed by atoms with Gasteiger partial charge in [0.1, 0.15) is 0 Å². The third-order valence-corrected chi connectivity index (χ3v) is 5.65. The highest BCUT2D eigenvalue weighted by Gasteiger charge is 2.15. The second kappa shape index (κ2) is 18.7. The van der Waals surface area contributed by atoms with Gasteiger partial charge in [-0.3, -0.25) is 4.79 Å². The lowest BCUT2D eigenvalue weighted by Crippen LogP contribution is -2.17. The molecular formula is C19H34O3S3. The Balaban J connectivity index is 3.47. The summed E-state index contributed by atoms with van der Waals surface area (Å²) in [5.41, 5.74) is 0. The van der Waals surface area contributed by atoms with Crippen molar-refractivity contribution in [3.63, 3.8) is 0 Å². The molecule has 0 heterocycles. The molecule has 0 aromatic rings. The first-order chi connectivity index (χ1) is 12.1. The zero-order chi connectivity index (χ0) is 18.8. The van der Waals surface area contributed by atoms with Crippen molar-refractivity contribution in [2.24, 2.45) is 0 Å². The Bertz CT molecular complexity index is 373. The first-order valence-corrected chi connectivity index (χ1v) is 11.7. The van der Waals surface area contributed by atoms with Gasteiger partial charge in [0.25, 0.3) is 0 Å². The molecule has 0 N–H and O–H groups in total. The molecule has 0 amide bonds. The van der Waals surface area contributed by atoms with Crippen molar-refractivity contribution in [2.75, 3.05) is 11.5 Å². The molecule has 0 aliphatic rings. The summed E-state index contributed by atoms with van der Waals surface area (Å²) in [4.78, 5) is 23.1. The topological polar surface area (TPSA) is 43.4 Å². The molecule has 146 valence electrons. The normalized spacial score (nSPS) is 10.6. The van der Waals surface area contributed by atoms with Crippen LogP contribution in [0, 0.1) is 0 Å². The highest BCUT2D eigenvalue weighted by atomic mass is 32.2. The number of unbranched alkanes of at least 4 members (excludes halogenated alkanes) is 10. The van der Waals surface area contributed by atoms with Gasteiger partial charge in [-0.1, -0.05) is 76.9 Å². The third kappa shape index (κ3) is 17.1. The number of hydrogen-bond acceptors (Lipinski definition) is 6. The van der Waals surface area contributed by atoms with E-state index in [1.54, 1.807) is 0 Å². The van der Waals surface area contributed by atoms with Gasteiger partial charge >= 0.3 is 11.9 Å². The average Bonchev–Trinajstić information content (AvgIpc) is 2.59. The average molecular weight is 407 g/mol. The van der Waals surface area contributed by atoms with Gasteiger partial charge in [0.15, 0.2) is 4.20 Å². The Kier molecular flexibility index (Phi) is 18.7. The molecule has 0 rings (SSSR count). The molecule has 0 atom stereocenters. The van der Waals surface area contributed by atoms with Crippen LogP contribution in [0.15, 0.2) is 0 Å². The second-order valence-electron chi connectivity index (χ2n) is 6.26. The smallest absolute Gasteiger partial charge is 0.363 e. The van der Waals surface area contributed by atoms with Crippen LogP contribution in [0.2, 0.25) is 0 Å². The van der Waals surface area contributed by atoms with E-state index in [-0.39, 0.29) is 10.6 Å². The maximum Gasteiger partial charge on any atom is 0.363 e. The zero-order valence-electron chi connectivity index (χ0n) is 15.6. The van der Waals surface area contributed by atoms with Crippen molar-refractivity contribution in [1.29, 1.82) is 0 Å². The fraction of sp³-hybridized carbons (Fsp3) is 0.842. The lowest BCUT2D eigenvalue weighted by molar-refractivity contribution is -0.154. The Hall–Kier alpha value is -0.0700. The van der Waals surface area contributed by atoms with E-state index in [0.717, 1.165) is 24.3 Å². The van der Waals surface area contributed by atoms with Crippen LogP contribution in [-0.2, 0) is 14.3 Å². The van der Waals surface area contributed by atoms with Gasteiger partial charge < -0.3 is 4.74 Å². The highest BCUT2D eigenvalue weighted by molar-refractivity contribution is 8.25. The van der Waals surface area contributed by atoms with Crippen molar-refractivity contribution < 1.29 is 14.3 Å². The molecule has 3 nitrogen and oxygen atoms in total. The summed E-state index contributed by atoms with van der Waals surface area (Å²) >= 11 is 10.4. The number of carbonyl (C=O) groups excluding carboxylic acids is 2. The minimum atomic E-state index is -0.664. The Morgan fingerprint density at radius 2 is 1.44 bits per heavy atom. The Labute approximate surface area is 168 Å². The second-order valence-corrected chi connectivity index (χ2v) is 8.48. The summed E-state index contributed by atoms with van der Waals surface area (Å²) in [6.07, 6.45) is 14.6. The van der Waals surface area contributed by atoms with Crippen molar-refractivity contribution in [1.82, 2.24) is 0 Å². The molecule has 0 spiro atoms. The van der Waals surface area contributed by atoms with Gasteiger partial charge in [-0.15, -0.1) is 11.8 Å². The lowest BCUT2D eigenvalue weighted by atomic mass is 10.1. The molecule has 0 aliphatic carbocycles. The van der Waals surface area contributed by atoms with E-state index in [1.165, 1.54) is 69.5 Å². The molecule has 6 heteroatoms. The Morgan fingerprint density at radius 3 is 2.00 bits per heavy atom. The van der Waals surface area contributed by atoms with Gasteiger partial charge in [-0.25, -0.2) is 4.79 Å². The van der Waals surface area contributed by atoms with Crippen LogP contribution in [0.4, 0.5) is 0 Å². The van der Waals surface area contributed by atoms with Gasteiger partial charge in [-0.2, -0.15) is 12.6 Å². The van der Waals surface area contributed by atoms with Crippen molar-refractivity contribution >= 4 is 52.7 Å². The van der Waals surface area contributed by atoms with Gasteiger partial charge in [0.2, 0.25) is 0 Å². The van der Waals surface area contributed by atoms with E-state index < -0.39 is 11.9 Å². The van der Waals surface area contributed by atoms with Gasteiger partial charge in [0, 0.05) is 6.42 Å². The molecule has 0 unspecified atom stereocenters. The minimum Gasteiger partial charge on any atom is -0.388 e. The molecule has 0 aromatic heterocycles. The van der Waals surface area contributed by atoms with E-state index in [0.29, 0.717) is 6.42 Å². The van der Waals surface area contributed by atoms with E-state index in [2.05, 4.69) is 19.6 Å². The molecule has 0 saturated heterocycles. The molecule has 25 heavy (non-hydrogen) atoms. The van der Waals surface area contributed by atoms with Crippen molar-refractivity contribution in [3.8, 4) is 0 Å². The molecule has 0 fully saturated rings. The van der Waals surface area contributed by atoms with Gasteiger partial charge in [-0.05, 0) is 30.8 Å². The largest absolute Gasteiger partial charge is 0.388 e. The lowest BCUT2D eigenvalue weighted by Gasteiger charge is -2.05. The molecule has 0 aliphatic heterocycles. The van der Waals surface area contributed by atoms with E-state index in [1.807, 2.05) is 0 Å². The summed E-state index contributed by atoms with van der Waals surface area (Å²) in [6.45, 7) is 2.24. The highest BCUT2D eigenvalue weighted by Crippen LogP contribution is 2.14. The van der Waals surface area contributed by atoms with Crippen LogP contribution in [0.1, 0.15) is 90.4 Å². The third-order valence-electron chi connectivity index (χ3n) is 3.89. The van der Waals surface area contributed by atoms with Crippen LogP contribution in [0.5, 0.6) is 0 Å². The first-order valence-electron chi connectivity index (χ1n) is 9.64. The maximum absolute atomic E-state index is 11.7. The SMILES string of the molecule is CCCCCCCCCCCCSC(=S)C(=O)OC(=O)CCCCS. The monoisotopic (exact) mass is 406 g/mol. The summed E-state index contributed by atoms with van der Waals surface area (Å²) in [5, 5.41) is 0. The number of thiol groups is 1. The van der Waals surface area contributed by atoms with Crippen molar-refractivity contribution in [2.45, 2.75) is 90.4 Å². The van der Waals surface area contributed by atoms with Crippen LogP contribution >= 0.6 is 36.6 Å². The number of thioether (sulfide) groups is 1. The summed E-state index contributed by atoms with van der Waals surface area (Å²) in [7, 11) is 0. The van der Waals surface area contributed by atoms with Crippen molar-refractivity contribution in [3.05, 3.63) is 0 Å². The first kappa shape index (κ1) is 24.9. The van der Waals surface area contributed by atoms with Crippen LogP contribution < -0.4 is 0 Å². The zero-order valence-corrected chi connectivity index (χ0v) is 18.1. The molecular weight excluding hydrogens is 372 g/mol. The Morgan fingerprint density at radius 1 is 0.880 bits per heavy atom. The van der Waals surface area contributed by atoms with Crippen LogP contribution in [0.25, 0.3) is 0 Å². The van der Waals surface area contributed by atoms with E-state index in [4.69, 9.17) is 17.0 Å². The number of thiocarbonyl (C=S) groups is 1. The molecule has 0 bridgehead atoms. The molecule has 0 radical (unpaired) electrons. The fourth-order valence-electron chi connectivity index (χ4n) is 2.39. The number of esters is 2. The fourth-order valence-corrected chi connectivity index (χ4v) is 3.60. The van der Waals surface area contributed by atoms with Crippen LogP contribution in [0.3, 0.4) is 0 Å². The summed E-state index contributed by atoms with van der Waals surface area (Å²) < 4.78 is 4.91. The molecule has 0 aromatic carbocycles. The number of ether oxygens (including phenoxy) is 1.